The molecule has 7 nitrogen and oxygen atoms in total. The molecule has 1 fully saturated rings. The van der Waals surface area contributed by atoms with E-state index in [0.717, 1.165) is 26.2 Å². The van der Waals surface area contributed by atoms with Crippen LogP contribution in [0.2, 0.25) is 0 Å². The zero-order chi connectivity index (χ0) is 14.8. The average molecular weight is 288 g/mol. The maximum atomic E-state index is 10.8. The highest BCUT2D eigenvalue weighted by molar-refractivity contribution is 5.88. The van der Waals surface area contributed by atoms with Crippen LogP contribution in [0.15, 0.2) is 28.8 Å². The van der Waals surface area contributed by atoms with E-state index in [1.54, 1.807) is 12.1 Å². The molecule has 1 N–H and O–H groups in total. The van der Waals surface area contributed by atoms with Gasteiger partial charge in [0.25, 0.3) is 11.8 Å². The fourth-order valence-corrected chi connectivity index (χ4v) is 2.22. The van der Waals surface area contributed by atoms with Crippen molar-refractivity contribution in [1.29, 1.82) is 0 Å². The van der Waals surface area contributed by atoms with Gasteiger partial charge in [-0.2, -0.15) is 4.98 Å². The zero-order valence-electron chi connectivity index (χ0n) is 11.7. The van der Waals surface area contributed by atoms with E-state index in [9.17, 15) is 4.79 Å². The molecule has 0 unspecified atom stereocenters. The van der Waals surface area contributed by atoms with E-state index in [2.05, 4.69) is 27.0 Å². The van der Waals surface area contributed by atoms with Crippen molar-refractivity contribution in [3.05, 3.63) is 29.8 Å². The second-order valence-electron chi connectivity index (χ2n) is 5.07. The minimum absolute atomic E-state index is 0.234. The number of nitrogens with zero attached hydrogens (tertiary/aromatic N) is 4. The third-order valence-corrected chi connectivity index (χ3v) is 3.58. The fraction of sp³-hybridized carbons (Fsp3) is 0.357. The fourth-order valence-electron chi connectivity index (χ4n) is 2.22. The van der Waals surface area contributed by atoms with Crippen LogP contribution in [-0.4, -0.2) is 59.3 Å². The largest absolute Gasteiger partial charge is 0.478 e. The topological polar surface area (TPSA) is 82.7 Å². The first-order valence-electron chi connectivity index (χ1n) is 6.74. The third kappa shape index (κ3) is 2.87. The van der Waals surface area contributed by atoms with Crippen molar-refractivity contribution in [3.63, 3.8) is 0 Å². The Kier molecular flexibility index (Phi) is 3.57. The highest BCUT2D eigenvalue weighted by Gasteiger charge is 2.19. The van der Waals surface area contributed by atoms with Gasteiger partial charge in [0.15, 0.2) is 0 Å². The van der Waals surface area contributed by atoms with E-state index in [1.165, 1.54) is 12.1 Å². The maximum absolute atomic E-state index is 10.8. The summed E-state index contributed by atoms with van der Waals surface area (Å²) in [5.41, 5.74) is 0.949. The minimum atomic E-state index is -0.954. The Bertz CT molecular complexity index is 630. The van der Waals surface area contributed by atoms with Gasteiger partial charge in [-0.15, -0.1) is 0 Å². The number of rotatable bonds is 3. The highest BCUT2D eigenvalue weighted by atomic mass is 16.5. The molecule has 1 aliphatic heterocycles. The van der Waals surface area contributed by atoms with Crippen molar-refractivity contribution in [2.24, 2.45) is 0 Å². The molecule has 0 saturated carbocycles. The van der Waals surface area contributed by atoms with Crippen molar-refractivity contribution in [1.82, 2.24) is 15.0 Å². The summed E-state index contributed by atoms with van der Waals surface area (Å²) in [6.45, 7) is 3.68. The van der Waals surface area contributed by atoms with Crippen LogP contribution in [0.1, 0.15) is 10.4 Å². The van der Waals surface area contributed by atoms with Gasteiger partial charge in [0.2, 0.25) is 0 Å². The van der Waals surface area contributed by atoms with Gasteiger partial charge in [-0.3, -0.25) is 0 Å². The molecule has 7 heteroatoms. The summed E-state index contributed by atoms with van der Waals surface area (Å²) in [6.07, 6.45) is 0. The lowest BCUT2D eigenvalue weighted by Crippen LogP contribution is -2.44. The van der Waals surface area contributed by atoms with E-state index < -0.39 is 5.97 Å². The second kappa shape index (κ2) is 5.53. The van der Waals surface area contributed by atoms with Crippen molar-refractivity contribution in [3.8, 4) is 11.5 Å². The number of piperazine rings is 1. The quantitative estimate of drug-likeness (QED) is 0.908. The number of benzene rings is 1. The zero-order valence-corrected chi connectivity index (χ0v) is 11.7. The highest BCUT2D eigenvalue weighted by Crippen LogP contribution is 2.21. The molecule has 2 heterocycles. The number of aromatic carboxylic acids is 1. The number of aromatic nitrogens is 2. The summed E-state index contributed by atoms with van der Waals surface area (Å²) in [5.74, 6) is 0.0338. The summed E-state index contributed by atoms with van der Waals surface area (Å²) in [7, 11) is 2.09. The Morgan fingerprint density at radius 2 is 1.86 bits per heavy atom. The lowest BCUT2D eigenvalue weighted by Gasteiger charge is -2.31. The second-order valence-corrected chi connectivity index (χ2v) is 5.07. The van der Waals surface area contributed by atoms with Gasteiger partial charge >= 0.3 is 5.97 Å². The lowest BCUT2D eigenvalue weighted by atomic mass is 10.1. The van der Waals surface area contributed by atoms with Crippen LogP contribution >= 0.6 is 0 Å². The van der Waals surface area contributed by atoms with E-state index in [1.807, 2.05) is 0 Å². The van der Waals surface area contributed by atoms with Crippen LogP contribution in [0.3, 0.4) is 0 Å². The van der Waals surface area contributed by atoms with Crippen LogP contribution in [0.4, 0.5) is 5.95 Å². The summed E-state index contributed by atoms with van der Waals surface area (Å²) in [5, 5.41) is 12.9. The molecule has 0 radical (unpaired) electrons. The van der Waals surface area contributed by atoms with E-state index >= 15 is 0 Å². The van der Waals surface area contributed by atoms with Crippen LogP contribution < -0.4 is 4.90 Å². The van der Waals surface area contributed by atoms with Gasteiger partial charge in [-0.05, 0) is 36.5 Å². The van der Waals surface area contributed by atoms with Crippen LogP contribution in [0.25, 0.3) is 11.5 Å². The first-order chi connectivity index (χ1) is 10.1. The summed E-state index contributed by atoms with van der Waals surface area (Å²) in [4.78, 5) is 19.5. The third-order valence-electron chi connectivity index (χ3n) is 3.58. The van der Waals surface area contributed by atoms with Gasteiger partial charge in [-0.25, -0.2) is 4.79 Å². The van der Waals surface area contributed by atoms with E-state index in [4.69, 9.17) is 9.63 Å². The average Bonchev–Trinajstić information content (AvgIpc) is 2.98. The molecule has 0 aliphatic carbocycles. The molecule has 1 saturated heterocycles. The van der Waals surface area contributed by atoms with Crippen LogP contribution in [-0.2, 0) is 0 Å². The van der Waals surface area contributed by atoms with Crippen molar-refractivity contribution >= 4 is 11.9 Å². The number of hydrogen-bond acceptors (Lipinski definition) is 6. The summed E-state index contributed by atoms with van der Waals surface area (Å²) < 4.78 is 5.27. The number of carbonyl (C=O) groups is 1. The molecule has 1 aromatic carbocycles. The molecule has 1 aliphatic rings. The first kappa shape index (κ1) is 13.6. The Balaban J connectivity index is 1.76. The molecule has 21 heavy (non-hydrogen) atoms. The van der Waals surface area contributed by atoms with E-state index in [0.29, 0.717) is 17.4 Å². The van der Waals surface area contributed by atoms with Crippen molar-refractivity contribution in [2.75, 3.05) is 38.1 Å². The maximum Gasteiger partial charge on any atom is 0.335 e. The molecule has 0 bridgehead atoms. The Morgan fingerprint density at radius 1 is 1.19 bits per heavy atom. The Labute approximate surface area is 121 Å². The number of carboxylic acid groups (broad SMARTS) is 1. The molecule has 3 rings (SSSR count). The predicted molar refractivity (Wildman–Crippen MR) is 76.4 cm³/mol. The lowest BCUT2D eigenvalue weighted by molar-refractivity contribution is 0.0697. The van der Waals surface area contributed by atoms with Crippen LogP contribution in [0.5, 0.6) is 0 Å². The Hall–Kier alpha value is -2.41. The molecular formula is C14H16N4O3. The van der Waals surface area contributed by atoms with Gasteiger partial charge in [0.1, 0.15) is 0 Å². The molecule has 1 aromatic heterocycles. The number of likely N-dealkylation sites (N-methyl/N-ethyl adjacent to an activating group) is 1. The monoisotopic (exact) mass is 288 g/mol. The first-order valence-corrected chi connectivity index (χ1v) is 6.74. The molecule has 0 spiro atoms. The smallest absolute Gasteiger partial charge is 0.335 e. The normalized spacial score (nSPS) is 16.1. The molecule has 0 amide bonds. The minimum Gasteiger partial charge on any atom is -0.478 e. The SMILES string of the molecule is CN1CCN(c2noc(-c3ccc(C(=O)O)cc3)n2)CC1. The number of hydrogen-bond donors (Lipinski definition) is 1. The standard InChI is InChI=1S/C14H16N4O3/c1-17-6-8-18(9-7-17)14-15-12(21-16-14)10-2-4-11(5-3-10)13(19)20/h2-5H,6-9H2,1H3,(H,19,20). The van der Waals surface area contributed by atoms with Gasteiger partial charge in [0, 0.05) is 31.7 Å². The molecule has 2 aromatic rings. The van der Waals surface area contributed by atoms with Gasteiger partial charge in [0.05, 0.1) is 5.56 Å². The number of carboxylic acids is 1. The molecular weight excluding hydrogens is 272 g/mol. The molecule has 0 atom stereocenters. The van der Waals surface area contributed by atoms with Crippen LogP contribution in [0, 0.1) is 0 Å². The predicted octanol–water partition coefficient (Wildman–Crippen LogP) is 1.19. The summed E-state index contributed by atoms with van der Waals surface area (Å²) in [6, 6.07) is 6.39. The van der Waals surface area contributed by atoms with Gasteiger partial charge in [-0.1, -0.05) is 0 Å². The van der Waals surface area contributed by atoms with Crippen molar-refractivity contribution in [2.45, 2.75) is 0 Å². The Morgan fingerprint density at radius 3 is 2.48 bits per heavy atom. The summed E-state index contributed by atoms with van der Waals surface area (Å²) >= 11 is 0. The molecule has 110 valence electrons. The van der Waals surface area contributed by atoms with E-state index in [-0.39, 0.29) is 5.56 Å². The van der Waals surface area contributed by atoms with Crippen molar-refractivity contribution < 1.29 is 14.4 Å². The van der Waals surface area contributed by atoms with Gasteiger partial charge < -0.3 is 19.4 Å². The number of anilines is 1.